The van der Waals surface area contributed by atoms with Crippen molar-refractivity contribution in [2.45, 2.75) is 108 Å². The van der Waals surface area contributed by atoms with Crippen molar-refractivity contribution in [3.63, 3.8) is 0 Å². The fraction of sp³-hybridized carbons (Fsp3) is 0.839. The van der Waals surface area contributed by atoms with Crippen LogP contribution in [0.15, 0.2) is 12.3 Å². The van der Waals surface area contributed by atoms with Crippen LogP contribution in [-0.2, 0) is 4.79 Å². The number of aromatic nitrogens is 2. The highest BCUT2D eigenvalue weighted by atomic mass is 16.3. The van der Waals surface area contributed by atoms with Crippen molar-refractivity contribution in [1.29, 1.82) is 0 Å². The molecule has 2 atom stereocenters. The summed E-state index contributed by atoms with van der Waals surface area (Å²) in [6.07, 6.45) is 18.5. The van der Waals surface area contributed by atoms with Gasteiger partial charge in [-0.05, 0) is 83.5 Å². The van der Waals surface area contributed by atoms with Gasteiger partial charge in [0.2, 0.25) is 11.9 Å². The number of hydrogen-bond donors (Lipinski definition) is 3. The van der Waals surface area contributed by atoms with Gasteiger partial charge in [0.25, 0.3) is 0 Å². The van der Waals surface area contributed by atoms with Crippen LogP contribution >= 0.6 is 0 Å². The van der Waals surface area contributed by atoms with Gasteiger partial charge < -0.3 is 25.5 Å². The van der Waals surface area contributed by atoms with Gasteiger partial charge in [-0.1, -0.05) is 32.1 Å². The summed E-state index contributed by atoms with van der Waals surface area (Å²) in [5, 5.41) is 17.0. The van der Waals surface area contributed by atoms with E-state index in [1.807, 2.05) is 11.1 Å². The van der Waals surface area contributed by atoms with Crippen LogP contribution in [0.3, 0.4) is 0 Å². The molecule has 1 aromatic heterocycles. The molecule has 2 unspecified atom stereocenters. The zero-order valence-electron chi connectivity index (χ0n) is 24.6. The molecular weight excluding hydrogens is 502 g/mol. The Balaban J connectivity index is 1.30. The van der Waals surface area contributed by atoms with Crippen LogP contribution in [0, 0.1) is 5.92 Å². The van der Waals surface area contributed by atoms with Gasteiger partial charge >= 0.3 is 0 Å². The van der Waals surface area contributed by atoms with E-state index in [1.165, 1.54) is 64.2 Å². The van der Waals surface area contributed by atoms with Gasteiger partial charge in [0.1, 0.15) is 5.82 Å². The van der Waals surface area contributed by atoms with Crippen LogP contribution in [0.25, 0.3) is 0 Å². The van der Waals surface area contributed by atoms with Gasteiger partial charge in [-0.15, -0.1) is 0 Å². The highest BCUT2D eigenvalue weighted by molar-refractivity contribution is 5.79. The number of carbonyl (C=O) groups is 1. The summed E-state index contributed by atoms with van der Waals surface area (Å²) in [5.41, 5.74) is 0. The lowest BCUT2D eigenvalue weighted by molar-refractivity contribution is -0.137. The number of aliphatic hydroxyl groups is 1. The Morgan fingerprint density at radius 2 is 1.70 bits per heavy atom. The number of hydrogen-bond acceptors (Lipinski definition) is 8. The standard InChI is InChI=1S/C31H53N7O2/c39-24-23-37(30(40)25-12-16-32-17-13-25)22-15-28-27(11-8-21-38(28)26-9-4-3-5-10-26)34-31-33-18-14-29(35-31)36-19-6-1-2-7-20-36/h14,18,25-28,32,39H,1-13,15-17,19-24H2,(H,33,34,35). The van der Waals surface area contributed by atoms with Crippen molar-refractivity contribution in [1.82, 2.24) is 25.1 Å². The number of likely N-dealkylation sites (tertiary alicyclic amines) is 1. The summed E-state index contributed by atoms with van der Waals surface area (Å²) in [6, 6.07) is 3.26. The molecular formula is C31H53N7O2. The van der Waals surface area contributed by atoms with Gasteiger partial charge in [0, 0.05) is 56.4 Å². The Morgan fingerprint density at radius 3 is 2.45 bits per heavy atom. The molecule has 3 aliphatic heterocycles. The molecule has 0 radical (unpaired) electrons. The lowest BCUT2D eigenvalue weighted by Crippen LogP contribution is -2.56. The maximum Gasteiger partial charge on any atom is 0.225 e. The second kappa shape index (κ2) is 15.3. The molecule has 1 aliphatic carbocycles. The molecule has 5 rings (SSSR count). The Morgan fingerprint density at radius 1 is 0.950 bits per heavy atom. The number of aliphatic hydroxyl groups excluding tert-OH is 1. The highest BCUT2D eigenvalue weighted by Gasteiger charge is 2.37. The Labute approximate surface area is 241 Å². The van der Waals surface area contributed by atoms with Crippen molar-refractivity contribution < 1.29 is 9.90 Å². The largest absolute Gasteiger partial charge is 0.395 e. The van der Waals surface area contributed by atoms with Gasteiger partial charge in [-0.2, -0.15) is 4.98 Å². The van der Waals surface area contributed by atoms with E-state index < -0.39 is 0 Å². The van der Waals surface area contributed by atoms with Crippen molar-refractivity contribution in [3.05, 3.63) is 12.3 Å². The van der Waals surface area contributed by atoms with E-state index >= 15 is 0 Å². The average Bonchev–Trinajstić information content (AvgIpc) is 3.30. The van der Waals surface area contributed by atoms with Crippen molar-refractivity contribution in [2.75, 3.05) is 62.6 Å². The molecule has 0 aromatic carbocycles. The van der Waals surface area contributed by atoms with Crippen molar-refractivity contribution in [2.24, 2.45) is 5.92 Å². The summed E-state index contributed by atoms with van der Waals surface area (Å²) in [4.78, 5) is 30.3. The van der Waals surface area contributed by atoms with Crippen LogP contribution < -0.4 is 15.5 Å². The van der Waals surface area contributed by atoms with Crippen molar-refractivity contribution in [3.8, 4) is 0 Å². The Kier molecular flexibility index (Phi) is 11.3. The van der Waals surface area contributed by atoms with Crippen molar-refractivity contribution >= 4 is 17.7 Å². The predicted molar refractivity (Wildman–Crippen MR) is 161 cm³/mol. The van der Waals surface area contributed by atoms with Crippen LogP contribution in [0.5, 0.6) is 0 Å². The number of carbonyl (C=O) groups excluding carboxylic acids is 1. The second-order valence-corrected chi connectivity index (χ2v) is 12.5. The first kappa shape index (κ1) is 29.5. The number of rotatable bonds is 10. The highest BCUT2D eigenvalue weighted by Crippen LogP contribution is 2.32. The third kappa shape index (κ3) is 7.85. The van der Waals surface area contributed by atoms with E-state index in [1.54, 1.807) is 0 Å². The summed E-state index contributed by atoms with van der Waals surface area (Å²) in [7, 11) is 0. The normalized spacial score (nSPS) is 25.9. The molecule has 4 heterocycles. The van der Waals surface area contributed by atoms with Gasteiger partial charge in [0.15, 0.2) is 0 Å². The molecule has 0 spiro atoms. The molecule has 40 heavy (non-hydrogen) atoms. The third-order valence-corrected chi connectivity index (χ3v) is 9.82. The van der Waals surface area contributed by atoms with E-state index in [-0.39, 0.29) is 24.5 Å². The van der Waals surface area contributed by atoms with Gasteiger partial charge in [-0.3, -0.25) is 9.69 Å². The predicted octanol–water partition coefficient (Wildman–Crippen LogP) is 3.65. The number of amides is 1. The first-order valence-corrected chi connectivity index (χ1v) is 16.4. The minimum absolute atomic E-state index is 0.0204. The van der Waals surface area contributed by atoms with Crippen LogP contribution in [0.1, 0.15) is 89.9 Å². The van der Waals surface area contributed by atoms with Crippen LogP contribution in [0.2, 0.25) is 0 Å². The first-order chi connectivity index (χ1) is 19.7. The molecule has 1 aromatic rings. The maximum absolute atomic E-state index is 13.5. The van der Waals surface area contributed by atoms with E-state index in [4.69, 9.17) is 4.98 Å². The summed E-state index contributed by atoms with van der Waals surface area (Å²) in [5.74, 6) is 2.09. The van der Waals surface area contributed by atoms with E-state index in [9.17, 15) is 9.90 Å². The van der Waals surface area contributed by atoms with Crippen LogP contribution in [0.4, 0.5) is 11.8 Å². The molecule has 4 aliphatic rings. The molecule has 3 saturated heterocycles. The Hall–Kier alpha value is -1.97. The molecule has 9 nitrogen and oxygen atoms in total. The summed E-state index contributed by atoms with van der Waals surface area (Å²) >= 11 is 0. The molecule has 4 fully saturated rings. The summed E-state index contributed by atoms with van der Waals surface area (Å²) < 4.78 is 0. The lowest BCUT2D eigenvalue weighted by atomic mass is 9.87. The van der Waals surface area contributed by atoms with E-state index in [0.717, 1.165) is 70.2 Å². The molecule has 1 saturated carbocycles. The monoisotopic (exact) mass is 555 g/mol. The lowest BCUT2D eigenvalue weighted by Gasteiger charge is -2.47. The average molecular weight is 556 g/mol. The number of anilines is 2. The quantitative estimate of drug-likeness (QED) is 0.403. The smallest absolute Gasteiger partial charge is 0.225 e. The molecule has 0 bridgehead atoms. The second-order valence-electron chi connectivity index (χ2n) is 12.5. The SMILES string of the molecule is O=C(C1CCNCC1)N(CCO)CCC1C(Nc2nccc(N3CCCCCC3)n2)CCCN1C1CCCCC1. The molecule has 224 valence electrons. The molecule has 1 amide bonds. The zero-order chi connectivity index (χ0) is 27.6. The van der Waals surface area contributed by atoms with E-state index in [2.05, 4.69) is 31.5 Å². The Bertz CT molecular complexity index is 897. The molecule has 9 heteroatoms. The minimum atomic E-state index is 0.0204. The zero-order valence-corrected chi connectivity index (χ0v) is 24.6. The first-order valence-electron chi connectivity index (χ1n) is 16.4. The third-order valence-electron chi connectivity index (χ3n) is 9.82. The summed E-state index contributed by atoms with van der Waals surface area (Å²) in [6.45, 7) is 6.24. The van der Waals surface area contributed by atoms with E-state index in [0.29, 0.717) is 25.2 Å². The van der Waals surface area contributed by atoms with Gasteiger partial charge in [-0.25, -0.2) is 4.98 Å². The topological polar surface area (TPSA) is 96.9 Å². The minimum Gasteiger partial charge on any atom is -0.395 e. The number of piperidine rings is 2. The fourth-order valence-corrected chi connectivity index (χ4v) is 7.61. The van der Waals surface area contributed by atoms with Gasteiger partial charge in [0.05, 0.1) is 6.61 Å². The fourth-order valence-electron chi connectivity index (χ4n) is 7.61. The molecule has 3 N–H and O–H groups in total. The number of nitrogens with zero attached hydrogens (tertiary/aromatic N) is 5. The van der Waals surface area contributed by atoms with Crippen LogP contribution in [-0.4, -0.2) is 101 Å². The maximum atomic E-state index is 13.5. The number of nitrogens with one attached hydrogen (secondary N) is 2.